The van der Waals surface area contributed by atoms with E-state index in [0.717, 1.165) is 16.2 Å². The van der Waals surface area contributed by atoms with E-state index in [9.17, 15) is 9.90 Å². The third-order valence-corrected chi connectivity index (χ3v) is 7.70. The third-order valence-electron chi connectivity index (χ3n) is 5.77. The van der Waals surface area contributed by atoms with E-state index in [-0.39, 0.29) is 22.5 Å². The second-order valence-electron chi connectivity index (χ2n) is 8.19. The van der Waals surface area contributed by atoms with Crippen LogP contribution in [0.15, 0.2) is 34.9 Å². The van der Waals surface area contributed by atoms with Crippen LogP contribution in [-0.2, 0) is 0 Å². The predicted molar refractivity (Wildman–Crippen MR) is 152 cm³/mol. The Labute approximate surface area is 235 Å². The number of rotatable bonds is 9. The number of ether oxygens (including phenoxy) is 3. The minimum atomic E-state index is -1.10. The summed E-state index contributed by atoms with van der Waals surface area (Å²) in [5, 5.41) is 17.0. The molecule has 5 aromatic rings. The van der Waals surface area contributed by atoms with E-state index in [1.165, 1.54) is 32.7 Å². The number of nitrogens with zero attached hydrogens (tertiary/aromatic N) is 4. The Kier molecular flexibility index (Phi) is 7.15. The van der Waals surface area contributed by atoms with Gasteiger partial charge < -0.3 is 40.6 Å². The molecular weight excluding hydrogens is 558 g/mol. The second kappa shape index (κ2) is 10.7. The van der Waals surface area contributed by atoms with Crippen LogP contribution in [0.4, 0.5) is 22.3 Å². The normalized spacial score (nSPS) is 10.9. The van der Waals surface area contributed by atoms with Gasteiger partial charge in [-0.15, -0.1) is 11.3 Å². The van der Waals surface area contributed by atoms with Crippen LogP contribution in [0.3, 0.4) is 0 Å². The molecule has 0 spiro atoms. The summed E-state index contributed by atoms with van der Waals surface area (Å²) < 4.78 is 21.7. The zero-order chi connectivity index (χ0) is 28.6. The number of aromatic carboxylic acids is 1. The minimum absolute atomic E-state index is 0.0178. The smallest absolute Gasteiger partial charge is 0.365 e. The van der Waals surface area contributed by atoms with Crippen LogP contribution in [0.2, 0.25) is 0 Å². The fourth-order valence-corrected chi connectivity index (χ4v) is 5.54. The molecule has 3 heterocycles. The molecule has 6 N–H and O–H groups in total. The van der Waals surface area contributed by atoms with Crippen molar-refractivity contribution in [1.29, 1.82) is 0 Å². The number of aromatic nitrogens is 4. The van der Waals surface area contributed by atoms with Crippen molar-refractivity contribution in [2.75, 3.05) is 38.1 Å². The summed E-state index contributed by atoms with van der Waals surface area (Å²) in [6.07, 6.45) is 0. The van der Waals surface area contributed by atoms with Gasteiger partial charge in [0.2, 0.25) is 16.6 Å². The molecular formula is C25H23N7O6S2. The Balaban J connectivity index is 1.44. The number of para-hydroxylation sites is 1. The molecule has 0 amide bonds. The van der Waals surface area contributed by atoms with Gasteiger partial charge in [0.15, 0.2) is 16.6 Å². The Morgan fingerprint density at radius 2 is 1.70 bits per heavy atom. The number of anilines is 4. The second-order valence-corrected chi connectivity index (χ2v) is 10.4. The predicted octanol–water partition coefficient (Wildman–Crippen LogP) is 4.92. The number of hydrogen-bond acceptors (Lipinski definition) is 14. The first-order valence-corrected chi connectivity index (χ1v) is 13.1. The maximum Gasteiger partial charge on any atom is 0.365 e. The van der Waals surface area contributed by atoms with Crippen molar-refractivity contribution in [2.24, 2.45) is 0 Å². The van der Waals surface area contributed by atoms with Crippen molar-refractivity contribution >= 4 is 51.0 Å². The van der Waals surface area contributed by atoms with Gasteiger partial charge in [0.05, 0.1) is 32.7 Å². The van der Waals surface area contributed by atoms with Crippen LogP contribution < -0.4 is 31.0 Å². The van der Waals surface area contributed by atoms with Gasteiger partial charge in [0.1, 0.15) is 10.7 Å². The number of carboxylic acid groups (broad SMARTS) is 1. The van der Waals surface area contributed by atoms with Crippen LogP contribution in [0.25, 0.3) is 33.4 Å². The number of carboxylic acids is 1. The quantitative estimate of drug-likeness (QED) is 0.171. The first-order valence-electron chi connectivity index (χ1n) is 11.5. The highest BCUT2D eigenvalue weighted by Crippen LogP contribution is 2.43. The molecule has 0 aliphatic rings. The highest BCUT2D eigenvalue weighted by atomic mass is 32.1. The summed E-state index contributed by atoms with van der Waals surface area (Å²) in [6, 6.07) is 8.73. The largest absolute Gasteiger partial charge is 0.493 e. The number of methoxy groups -OCH3 is 3. The van der Waals surface area contributed by atoms with Gasteiger partial charge in [-0.3, -0.25) is 0 Å². The van der Waals surface area contributed by atoms with Crippen LogP contribution in [0, 0.1) is 6.92 Å². The van der Waals surface area contributed by atoms with E-state index < -0.39 is 5.97 Å². The Bertz CT molecular complexity index is 1700. The fourth-order valence-electron chi connectivity index (χ4n) is 3.94. The highest BCUT2D eigenvalue weighted by Gasteiger charge is 2.22. The third kappa shape index (κ3) is 4.83. The average molecular weight is 582 g/mol. The molecule has 0 aliphatic carbocycles. The lowest BCUT2D eigenvalue weighted by Crippen LogP contribution is -1.98. The summed E-state index contributed by atoms with van der Waals surface area (Å²) in [5.41, 5.74) is 15.2. The topological polar surface area (TPSA) is 194 Å². The van der Waals surface area contributed by atoms with Crippen molar-refractivity contribution < 1.29 is 28.6 Å². The Morgan fingerprint density at radius 3 is 2.33 bits per heavy atom. The van der Waals surface area contributed by atoms with Gasteiger partial charge in [0, 0.05) is 33.8 Å². The zero-order valence-electron chi connectivity index (χ0n) is 21.6. The standard InChI is InChI=1S/C25H23N7O6S2/c1-10-17(29-23(39-10)24(33)34)12-6-5-7-13(16(12)26)21-31-22(38-32-21)19-20(27)30-25(40-19)28-11-8-14(35-2)18(37-4)15(9-11)36-3/h5-9H,26-27H2,1-4H3,(H,28,30)(H,33,34). The van der Waals surface area contributed by atoms with E-state index in [4.69, 9.17) is 30.2 Å². The van der Waals surface area contributed by atoms with Crippen LogP contribution in [0.1, 0.15) is 14.7 Å². The molecule has 0 unspecified atom stereocenters. The molecule has 3 aromatic heterocycles. The van der Waals surface area contributed by atoms with Crippen molar-refractivity contribution in [3.05, 3.63) is 40.2 Å². The lowest BCUT2D eigenvalue weighted by atomic mass is 10.0. The number of nitrogens with one attached hydrogen (secondary N) is 1. The lowest BCUT2D eigenvalue weighted by molar-refractivity contribution is 0.0696. The number of nitrogens with two attached hydrogens (primary N) is 2. The van der Waals surface area contributed by atoms with Gasteiger partial charge in [-0.05, 0) is 13.0 Å². The SMILES string of the molecule is COc1cc(Nc2nc(N)c(-c3nc(-c4cccc(-c5nc(C(=O)O)sc5C)c4N)no3)s2)cc(OC)c1OC. The maximum absolute atomic E-state index is 11.4. The molecule has 0 saturated carbocycles. The number of hydrogen-bond donors (Lipinski definition) is 4. The van der Waals surface area contributed by atoms with Crippen LogP contribution in [0.5, 0.6) is 17.2 Å². The fraction of sp³-hybridized carbons (Fsp3) is 0.160. The van der Waals surface area contributed by atoms with Gasteiger partial charge >= 0.3 is 5.97 Å². The molecule has 0 atom stereocenters. The number of carbonyl (C=O) groups is 1. The number of benzene rings is 2. The summed E-state index contributed by atoms with van der Waals surface area (Å²) in [4.78, 5) is 25.7. The van der Waals surface area contributed by atoms with Crippen molar-refractivity contribution in [1.82, 2.24) is 20.1 Å². The first kappa shape index (κ1) is 26.7. The average Bonchev–Trinajstić information content (AvgIpc) is 3.66. The van der Waals surface area contributed by atoms with Crippen molar-refractivity contribution in [2.45, 2.75) is 6.92 Å². The van der Waals surface area contributed by atoms with Crippen molar-refractivity contribution in [3.8, 4) is 50.7 Å². The molecule has 0 saturated heterocycles. The summed E-state index contributed by atoms with van der Waals surface area (Å²) in [7, 11) is 4.59. The number of aryl methyl sites for hydroxylation is 1. The van der Waals surface area contributed by atoms with Crippen LogP contribution >= 0.6 is 22.7 Å². The first-order chi connectivity index (χ1) is 19.2. The molecule has 5 rings (SSSR count). The van der Waals surface area contributed by atoms with E-state index in [1.807, 2.05) is 0 Å². The zero-order valence-corrected chi connectivity index (χ0v) is 23.3. The summed E-state index contributed by atoms with van der Waals surface area (Å²) in [5.74, 6) is 0.890. The molecule has 15 heteroatoms. The molecule has 206 valence electrons. The molecule has 2 aromatic carbocycles. The highest BCUT2D eigenvalue weighted by molar-refractivity contribution is 7.19. The summed E-state index contributed by atoms with van der Waals surface area (Å²) in [6.45, 7) is 1.79. The Hall–Kier alpha value is -4.89. The molecule has 0 aliphatic heterocycles. The van der Waals surface area contributed by atoms with Crippen molar-refractivity contribution in [3.63, 3.8) is 0 Å². The van der Waals surface area contributed by atoms with Gasteiger partial charge in [-0.25, -0.2) is 14.8 Å². The van der Waals surface area contributed by atoms with E-state index in [0.29, 0.717) is 55.5 Å². The van der Waals surface area contributed by atoms with Crippen LogP contribution in [-0.4, -0.2) is 52.5 Å². The Morgan fingerprint density at radius 1 is 1.00 bits per heavy atom. The molecule has 0 bridgehead atoms. The molecule has 13 nitrogen and oxygen atoms in total. The monoisotopic (exact) mass is 581 g/mol. The minimum Gasteiger partial charge on any atom is -0.493 e. The van der Waals surface area contributed by atoms with E-state index in [1.54, 1.807) is 37.3 Å². The maximum atomic E-state index is 11.4. The molecule has 40 heavy (non-hydrogen) atoms. The lowest BCUT2D eigenvalue weighted by Gasteiger charge is -2.14. The number of thiazole rings is 2. The van der Waals surface area contributed by atoms with Gasteiger partial charge in [-0.1, -0.05) is 28.6 Å². The van der Waals surface area contributed by atoms with E-state index >= 15 is 0 Å². The summed E-state index contributed by atoms with van der Waals surface area (Å²) >= 11 is 2.29. The van der Waals surface area contributed by atoms with Gasteiger partial charge in [-0.2, -0.15) is 4.98 Å². The molecule has 0 radical (unpaired) electrons. The van der Waals surface area contributed by atoms with E-state index in [2.05, 4.69) is 25.4 Å². The molecule has 0 fully saturated rings. The number of nitrogen functional groups attached to an aromatic ring is 2. The van der Waals surface area contributed by atoms with Gasteiger partial charge in [0.25, 0.3) is 5.89 Å².